The first-order chi connectivity index (χ1) is 12.8. The molecule has 0 saturated carbocycles. The van der Waals surface area contributed by atoms with Crippen LogP contribution < -0.4 is 0 Å². The quantitative estimate of drug-likeness (QED) is 0.485. The van der Waals surface area contributed by atoms with E-state index in [1.54, 1.807) is 31.2 Å². The fourth-order valence-electron chi connectivity index (χ4n) is 2.86. The topological polar surface area (TPSA) is 87.2 Å². The molecule has 0 fully saturated rings. The Morgan fingerprint density at radius 2 is 1.63 bits per heavy atom. The SMILES string of the molecule is COC(=O)C(C)CN(CCN(C)C)C(=O)CN1C(=O)c2ccccc2C1=O. The summed E-state index contributed by atoms with van der Waals surface area (Å²) in [6.45, 7) is 2.43. The molecular weight excluding hydrogens is 350 g/mol. The number of benzene rings is 1. The first-order valence-electron chi connectivity index (χ1n) is 8.71. The van der Waals surface area contributed by atoms with Gasteiger partial charge in [-0.15, -0.1) is 0 Å². The average Bonchev–Trinajstić information content (AvgIpc) is 2.89. The van der Waals surface area contributed by atoms with Crippen LogP contribution >= 0.6 is 0 Å². The Morgan fingerprint density at radius 1 is 1.07 bits per heavy atom. The molecule has 0 radical (unpaired) electrons. The van der Waals surface area contributed by atoms with Gasteiger partial charge in [0.1, 0.15) is 6.54 Å². The number of hydrogen-bond acceptors (Lipinski definition) is 6. The van der Waals surface area contributed by atoms with Crippen LogP contribution in [0.5, 0.6) is 0 Å². The molecule has 0 aromatic heterocycles. The van der Waals surface area contributed by atoms with Crippen LogP contribution in [0.2, 0.25) is 0 Å². The lowest BCUT2D eigenvalue weighted by molar-refractivity contribution is -0.146. The fraction of sp³-hybridized carbons (Fsp3) is 0.474. The Bertz CT molecular complexity index is 712. The van der Waals surface area contributed by atoms with E-state index in [-0.39, 0.29) is 19.0 Å². The molecule has 27 heavy (non-hydrogen) atoms. The van der Waals surface area contributed by atoms with Gasteiger partial charge in [-0.1, -0.05) is 19.1 Å². The second kappa shape index (κ2) is 8.77. The van der Waals surface area contributed by atoms with E-state index in [0.29, 0.717) is 24.2 Å². The number of rotatable bonds is 8. The van der Waals surface area contributed by atoms with Crippen molar-refractivity contribution in [3.63, 3.8) is 0 Å². The maximum absolute atomic E-state index is 12.8. The van der Waals surface area contributed by atoms with Crippen LogP contribution in [0.25, 0.3) is 0 Å². The van der Waals surface area contributed by atoms with Gasteiger partial charge in [0.25, 0.3) is 11.8 Å². The van der Waals surface area contributed by atoms with E-state index in [9.17, 15) is 19.2 Å². The average molecular weight is 375 g/mol. The minimum Gasteiger partial charge on any atom is -0.469 e. The molecule has 146 valence electrons. The predicted octanol–water partition coefficient (Wildman–Crippen LogP) is 0.482. The highest BCUT2D eigenvalue weighted by atomic mass is 16.5. The minimum atomic E-state index is -0.511. The number of hydrogen-bond donors (Lipinski definition) is 0. The van der Waals surface area contributed by atoms with Gasteiger partial charge in [-0.05, 0) is 26.2 Å². The number of carbonyl (C=O) groups excluding carboxylic acids is 4. The molecule has 1 heterocycles. The maximum Gasteiger partial charge on any atom is 0.310 e. The summed E-state index contributed by atoms with van der Waals surface area (Å²) in [5.74, 6) is -2.26. The van der Waals surface area contributed by atoms with Crippen LogP contribution in [0.15, 0.2) is 24.3 Å². The van der Waals surface area contributed by atoms with E-state index in [0.717, 1.165) is 4.90 Å². The Morgan fingerprint density at radius 3 is 2.11 bits per heavy atom. The molecule has 1 atom stereocenters. The zero-order valence-corrected chi connectivity index (χ0v) is 16.1. The summed E-state index contributed by atoms with van der Waals surface area (Å²) < 4.78 is 4.72. The van der Waals surface area contributed by atoms with Crippen LogP contribution in [0.4, 0.5) is 0 Å². The largest absolute Gasteiger partial charge is 0.469 e. The molecule has 8 heteroatoms. The molecule has 0 bridgehead atoms. The Balaban J connectivity index is 2.12. The highest BCUT2D eigenvalue weighted by Gasteiger charge is 2.37. The summed E-state index contributed by atoms with van der Waals surface area (Å²) in [5, 5.41) is 0. The summed E-state index contributed by atoms with van der Waals surface area (Å²) in [4.78, 5) is 53.8. The third-order valence-electron chi connectivity index (χ3n) is 4.44. The zero-order chi connectivity index (χ0) is 20.1. The molecule has 0 saturated heterocycles. The fourth-order valence-corrected chi connectivity index (χ4v) is 2.86. The smallest absolute Gasteiger partial charge is 0.310 e. The molecule has 1 aromatic rings. The van der Waals surface area contributed by atoms with Gasteiger partial charge in [-0.3, -0.25) is 24.1 Å². The van der Waals surface area contributed by atoms with Crippen LogP contribution in [0.1, 0.15) is 27.6 Å². The molecule has 2 rings (SSSR count). The highest BCUT2D eigenvalue weighted by Crippen LogP contribution is 2.22. The number of esters is 1. The van der Waals surface area contributed by atoms with E-state index in [2.05, 4.69) is 0 Å². The van der Waals surface area contributed by atoms with Crippen molar-refractivity contribution in [2.45, 2.75) is 6.92 Å². The lowest BCUT2D eigenvalue weighted by atomic mass is 10.1. The molecular formula is C19H25N3O5. The van der Waals surface area contributed by atoms with Crippen molar-refractivity contribution in [3.05, 3.63) is 35.4 Å². The first kappa shape index (κ1) is 20.6. The van der Waals surface area contributed by atoms with Gasteiger partial charge < -0.3 is 14.5 Å². The predicted molar refractivity (Wildman–Crippen MR) is 98.1 cm³/mol. The number of methoxy groups -OCH3 is 1. The Kier molecular flexibility index (Phi) is 6.68. The van der Waals surface area contributed by atoms with E-state index in [1.165, 1.54) is 12.0 Å². The summed E-state index contributed by atoms with van der Waals surface area (Å²) in [6.07, 6.45) is 0. The Labute approximate surface area is 158 Å². The zero-order valence-electron chi connectivity index (χ0n) is 16.1. The van der Waals surface area contributed by atoms with Crippen LogP contribution in [-0.4, -0.2) is 85.8 Å². The third-order valence-corrected chi connectivity index (χ3v) is 4.44. The lowest BCUT2D eigenvalue weighted by Gasteiger charge is -2.28. The molecule has 0 N–H and O–H groups in total. The van der Waals surface area contributed by atoms with E-state index >= 15 is 0 Å². The van der Waals surface area contributed by atoms with Crippen LogP contribution in [0, 0.1) is 5.92 Å². The van der Waals surface area contributed by atoms with Crippen molar-refractivity contribution >= 4 is 23.7 Å². The van der Waals surface area contributed by atoms with Gasteiger partial charge >= 0.3 is 5.97 Å². The summed E-state index contributed by atoms with van der Waals surface area (Å²) >= 11 is 0. The summed E-state index contributed by atoms with van der Waals surface area (Å²) in [5.41, 5.74) is 0.608. The number of ether oxygens (including phenoxy) is 1. The van der Waals surface area contributed by atoms with Gasteiger partial charge in [0.15, 0.2) is 0 Å². The second-order valence-electron chi connectivity index (χ2n) is 6.81. The number of fused-ring (bicyclic) bond motifs is 1. The van der Waals surface area contributed by atoms with Crippen molar-refractivity contribution in [2.75, 3.05) is 47.4 Å². The number of imide groups is 1. The van der Waals surface area contributed by atoms with Gasteiger partial charge in [-0.25, -0.2) is 0 Å². The van der Waals surface area contributed by atoms with E-state index in [4.69, 9.17) is 4.74 Å². The standard InChI is InChI=1S/C19H25N3O5/c1-13(19(26)27-4)11-21(10-9-20(2)3)16(23)12-22-17(24)14-7-5-6-8-15(14)18(22)25/h5-8,13H,9-12H2,1-4H3. The van der Waals surface area contributed by atoms with Gasteiger partial charge in [0, 0.05) is 19.6 Å². The van der Waals surface area contributed by atoms with Crippen LogP contribution in [0.3, 0.4) is 0 Å². The summed E-state index contributed by atoms with van der Waals surface area (Å²) in [7, 11) is 5.04. The minimum absolute atomic E-state index is 0.155. The Hall–Kier alpha value is -2.74. The molecule has 0 aliphatic carbocycles. The van der Waals surface area contributed by atoms with Gasteiger partial charge in [0.05, 0.1) is 24.2 Å². The lowest BCUT2D eigenvalue weighted by Crippen LogP contribution is -2.47. The molecule has 1 aliphatic heterocycles. The van der Waals surface area contributed by atoms with Crippen molar-refractivity contribution in [2.24, 2.45) is 5.92 Å². The number of nitrogens with zero attached hydrogens (tertiary/aromatic N) is 3. The van der Waals surface area contributed by atoms with Crippen molar-refractivity contribution < 1.29 is 23.9 Å². The number of carbonyl (C=O) groups is 4. The van der Waals surface area contributed by atoms with Crippen LogP contribution in [-0.2, 0) is 14.3 Å². The van der Waals surface area contributed by atoms with Gasteiger partial charge in [-0.2, -0.15) is 0 Å². The highest BCUT2D eigenvalue weighted by molar-refractivity contribution is 6.22. The summed E-state index contributed by atoms with van der Waals surface area (Å²) in [6, 6.07) is 6.50. The normalized spacial score (nSPS) is 14.3. The molecule has 8 nitrogen and oxygen atoms in total. The van der Waals surface area contributed by atoms with Crippen molar-refractivity contribution in [1.29, 1.82) is 0 Å². The monoisotopic (exact) mass is 375 g/mol. The maximum atomic E-state index is 12.8. The second-order valence-corrected chi connectivity index (χ2v) is 6.81. The number of likely N-dealkylation sites (N-methyl/N-ethyl adjacent to an activating group) is 1. The molecule has 3 amide bonds. The third kappa shape index (κ3) is 4.71. The molecule has 1 aromatic carbocycles. The van der Waals surface area contributed by atoms with E-state index in [1.807, 2.05) is 19.0 Å². The molecule has 1 aliphatic rings. The number of amides is 3. The molecule has 1 unspecified atom stereocenters. The van der Waals surface area contributed by atoms with Crippen molar-refractivity contribution in [1.82, 2.24) is 14.7 Å². The molecule has 0 spiro atoms. The first-order valence-corrected chi connectivity index (χ1v) is 8.71. The van der Waals surface area contributed by atoms with Gasteiger partial charge in [0.2, 0.25) is 5.91 Å². The van der Waals surface area contributed by atoms with Crippen molar-refractivity contribution in [3.8, 4) is 0 Å². The van der Waals surface area contributed by atoms with E-state index < -0.39 is 23.7 Å².